The molecule has 0 saturated heterocycles. The van der Waals surface area contributed by atoms with Crippen molar-refractivity contribution in [2.75, 3.05) is 5.32 Å². The Morgan fingerprint density at radius 3 is 2.91 bits per heavy atom. The molecule has 1 aliphatic rings. The number of amides is 1. The van der Waals surface area contributed by atoms with Crippen LogP contribution >= 0.6 is 0 Å². The van der Waals surface area contributed by atoms with E-state index in [1.54, 1.807) is 4.57 Å². The number of benzene rings is 1. The Hall–Kier alpha value is -2.37. The second-order valence-corrected chi connectivity index (χ2v) is 5.76. The maximum atomic E-state index is 12.2. The van der Waals surface area contributed by atoms with Crippen LogP contribution in [0.15, 0.2) is 23.0 Å². The van der Waals surface area contributed by atoms with Crippen LogP contribution < -0.4 is 11.0 Å². The van der Waals surface area contributed by atoms with Crippen LogP contribution in [0.5, 0.6) is 0 Å². The first-order valence-electron chi connectivity index (χ1n) is 7.59. The van der Waals surface area contributed by atoms with Gasteiger partial charge in [-0.15, -0.1) is 0 Å². The van der Waals surface area contributed by atoms with Gasteiger partial charge in [0.2, 0.25) is 5.91 Å². The van der Waals surface area contributed by atoms with Crippen LogP contribution in [0.4, 0.5) is 5.69 Å². The summed E-state index contributed by atoms with van der Waals surface area (Å²) in [4.78, 5) is 24.4. The van der Waals surface area contributed by atoms with Crippen LogP contribution in [0.2, 0.25) is 0 Å². The predicted molar refractivity (Wildman–Crippen MR) is 84.0 cm³/mol. The van der Waals surface area contributed by atoms with Gasteiger partial charge in [-0.05, 0) is 43.9 Å². The highest BCUT2D eigenvalue weighted by molar-refractivity contribution is 5.91. The van der Waals surface area contributed by atoms with Gasteiger partial charge in [-0.2, -0.15) is 5.10 Å². The molecule has 1 aliphatic heterocycles. The Balaban J connectivity index is 1.76. The molecule has 3 rings (SSSR count). The van der Waals surface area contributed by atoms with Crippen molar-refractivity contribution in [2.45, 2.75) is 46.2 Å². The van der Waals surface area contributed by atoms with Crippen molar-refractivity contribution in [1.29, 1.82) is 0 Å². The van der Waals surface area contributed by atoms with Crippen molar-refractivity contribution in [2.24, 2.45) is 0 Å². The zero-order valence-corrected chi connectivity index (χ0v) is 12.9. The molecule has 6 heteroatoms. The summed E-state index contributed by atoms with van der Waals surface area (Å²) in [6.07, 6.45) is 2.85. The summed E-state index contributed by atoms with van der Waals surface area (Å²) in [6, 6.07) is 5.76. The number of hydrogen-bond donors (Lipinski definition) is 1. The molecule has 0 atom stereocenters. The summed E-state index contributed by atoms with van der Waals surface area (Å²) in [7, 11) is 0. The monoisotopic (exact) mass is 300 g/mol. The first-order chi connectivity index (χ1) is 10.6. The molecule has 0 unspecified atom stereocenters. The number of fused-ring (bicyclic) bond motifs is 1. The van der Waals surface area contributed by atoms with Gasteiger partial charge in [0.25, 0.3) is 0 Å². The molecule has 0 radical (unpaired) electrons. The smallest absolute Gasteiger partial charge is 0.324 e. The molecular formula is C16H20N4O2. The number of hydrogen-bond acceptors (Lipinski definition) is 3. The lowest BCUT2D eigenvalue weighted by molar-refractivity contribution is -0.117. The Morgan fingerprint density at radius 1 is 1.32 bits per heavy atom. The molecule has 0 bridgehead atoms. The molecule has 1 aromatic heterocycles. The Kier molecular flexibility index (Phi) is 3.83. The number of carbonyl (C=O) groups excluding carboxylic acids is 1. The maximum absolute atomic E-state index is 12.2. The summed E-state index contributed by atoms with van der Waals surface area (Å²) in [6.45, 7) is 4.62. The third kappa shape index (κ3) is 2.68. The van der Waals surface area contributed by atoms with E-state index in [1.165, 1.54) is 4.68 Å². The van der Waals surface area contributed by atoms with Crippen molar-refractivity contribution in [3.8, 4) is 0 Å². The summed E-state index contributed by atoms with van der Waals surface area (Å²) in [5, 5.41) is 7.14. The maximum Gasteiger partial charge on any atom is 0.346 e. The lowest BCUT2D eigenvalue weighted by Gasteiger charge is -2.10. The summed E-state index contributed by atoms with van der Waals surface area (Å²) < 4.78 is 2.94. The standard InChI is InChI=1S/C16H20N4O2/c1-11-6-5-7-13(12(11)2)17-15(21)10-20-16(22)19-9-4-3-8-14(19)18-20/h5-7H,3-4,8-10H2,1-2H3,(H,17,21). The van der Waals surface area contributed by atoms with E-state index in [-0.39, 0.29) is 18.1 Å². The first-order valence-corrected chi connectivity index (χ1v) is 7.59. The molecule has 1 N–H and O–H groups in total. The van der Waals surface area contributed by atoms with Gasteiger partial charge in [0.15, 0.2) is 0 Å². The largest absolute Gasteiger partial charge is 0.346 e. The summed E-state index contributed by atoms with van der Waals surface area (Å²) in [5.41, 5.74) is 2.74. The molecule has 2 heterocycles. The average molecular weight is 300 g/mol. The highest BCUT2D eigenvalue weighted by Crippen LogP contribution is 2.17. The van der Waals surface area contributed by atoms with Gasteiger partial charge in [0.05, 0.1) is 0 Å². The fourth-order valence-corrected chi connectivity index (χ4v) is 2.76. The third-order valence-corrected chi connectivity index (χ3v) is 4.20. The molecule has 0 saturated carbocycles. The van der Waals surface area contributed by atoms with Crippen LogP contribution in [0.3, 0.4) is 0 Å². The van der Waals surface area contributed by atoms with Crippen LogP contribution in [0.1, 0.15) is 29.8 Å². The Morgan fingerprint density at radius 2 is 2.14 bits per heavy atom. The molecular weight excluding hydrogens is 280 g/mol. The molecule has 1 amide bonds. The average Bonchev–Trinajstić information content (AvgIpc) is 2.81. The van der Waals surface area contributed by atoms with Gasteiger partial charge < -0.3 is 5.32 Å². The molecule has 1 aromatic carbocycles. The van der Waals surface area contributed by atoms with Gasteiger partial charge >= 0.3 is 5.69 Å². The van der Waals surface area contributed by atoms with E-state index in [1.807, 2.05) is 32.0 Å². The summed E-state index contributed by atoms with van der Waals surface area (Å²) in [5.74, 6) is 0.557. The van der Waals surface area contributed by atoms with E-state index in [9.17, 15) is 9.59 Å². The molecule has 0 spiro atoms. The van der Waals surface area contributed by atoms with Gasteiger partial charge in [-0.25, -0.2) is 9.48 Å². The van der Waals surface area contributed by atoms with E-state index in [0.717, 1.165) is 41.9 Å². The lowest BCUT2D eigenvalue weighted by Crippen LogP contribution is -2.31. The molecule has 2 aromatic rings. The van der Waals surface area contributed by atoms with Gasteiger partial charge in [0, 0.05) is 18.7 Å². The topological polar surface area (TPSA) is 68.9 Å². The van der Waals surface area contributed by atoms with Crippen LogP contribution in [-0.2, 0) is 24.3 Å². The number of carbonyl (C=O) groups is 1. The zero-order valence-electron chi connectivity index (χ0n) is 12.9. The van der Waals surface area contributed by atoms with E-state index in [0.29, 0.717) is 6.54 Å². The molecule has 0 aliphatic carbocycles. The normalized spacial score (nSPS) is 13.7. The minimum Gasteiger partial charge on any atom is -0.324 e. The minimum absolute atomic E-state index is 0.0494. The van der Waals surface area contributed by atoms with Gasteiger partial charge in [0.1, 0.15) is 12.4 Å². The number of rotatable bonds is 3. The molecule has 0 fully saturated rings. The highest BCUT2D eigenvalue weighted by Gasteiger charge is 2.18. The second kappa shape index (κ2) is 5.79. The number of nitrogens with zero attached hydrogens (tertiary/aromatic N) is 3. The van der Waals surface area contributed by atoms with Crippen LogP contribution in [0, 0.1) is 13.8 Å². The predicted octanol–water partition coefficient (Wildman–Crippen LogP) is 1.64. The van der Waals surface area contributed by atoms with Gasteiger partial charge in [-0.3, -0.25) is 9.36 Å². The fourth-order valence-electron chi connectivity index (χ4n) is 2.76. The molecule has 22 heavy (non-hydrogen) atoms. The second-order valence-electron chi connectivity index (χ2n) is 5.76. The van der Waals surface area contributed by atoms with Crippen LogP contribution in [0.25, 0.3) is 0 Å². The van der Waals surface area contributed by atoms with Crippen molar-refractivity contribution in [1.82, 2.24) is 14.3 Å². The highest BCUT2D eigenvalue weighted by atomic mass is 16.2. The van der Waals surface area contributed by atoms with Crippen molar-refractivity contribution in [3.05, 3.63) is 45.6 Å². The summed E-state index contributed by atoms with van der Waals surface area (Å²) >= 11 is 0. The quantitative estimate of drug-likeness (QED) is 0.937. The Labute approximate surface area is 128 Å². The molecule has 6 nitrogen and oxygen atoms in total. The number of anilines is 1. The van der Waals surface area contributed by atoms with E-state index in [2.05, 4.69) is 10.4 Å². The number of aryl methyl sites for hydroxylation is 2. The number of aromatic nitrogens is 3. The number of nitrogens with one attached hydrogen (secondary N) is 1. The minimum atomic E-state index is -0.230. The fraction of sp³-hybridized carbons (Fsp3) is 0.438. The van der Waals surface area contributed by atoms with Crippen LogP contribution in [-0.4, -0.2) is 20.3 Å². The van der Waals surface area contributed by atoms with Crippen molar-refractivity contribution >= 4 is 11.6 Å². The van der Waals surface area contributed by atoms with E-state index >= 15 is 0 Å². The molecule has 116 valence electrons. The van der Waals surface area contributed by atoms with E-state index in [4.69, 9.17) is 0 Å². The lowest BCUT2D eigenvalue weighted by atomic mass is 10.1. The SMILES string of the molecule is Cc1cccc(NC(=O)Cn2nc3n(c2=O)CCCC3)c1C. The third-order valence-electron chi connectivity index (χ3n) is 4.20. The Bertz CT molecular complexity index is 773. The van der Waals surface area contributed by atoms with E-state index < -0.39 is 0 Å². The first kappa shape index (κ1) is 14.6. The zero-order chi connectivity index (χ0) is 15.7. The van der Waals surface area contributed by atoms with Gasteiger partial charge in [-0.1, -0.05) is 12.1 Å². The van der Waals surface area contributed by atoms with Crippen molar-refractivity contribution < 1.29 is 4.79 Å². The van der Waals surface area contributed by atoms with Crippen molar-refractivity contribution in [3.63, 3.8) is 0 Å².